The first-order valence-corrected chi connectivity index (χ1v) is 13.7. The molecule has 2 aromatic carbocycles. The van der Waals surface area contributed by atoms with Gasteiger partial charge >= 0.3 is 12.0 Å². The van der Waals surface area contributed by atoms with Gasteiger partial charge in [0.25, 0.3) is 5.91 Å². The molecule has 0 radical (unpaired) electrons. The second kappa shape index (κ2) is 12.2. The fraction of sp³-hybridized carbons (Fsp3) is 0.414. The maximum atomic E-state index is 14.3. The van der Waals surface area contributed by atoms with E-state index in [0.717, 1.165) is 37.3 Å². The van der Waals surface area contributed by atoms with Crippen molar-refractivity contribution in [2.45, 2.75) is 66.0 Å². The molecule has 5 rings (SSSR count). The Balaban J connectivity index is 0.000000201. The zero-order valence-corrected chi connectivity index (χ0v) is 24.3. The monoisotopic (exact) mass is 592 g/mol. The minimum atomic E-state index is -0.941. The highest BCUT2D eigenvalue weighted by molar-refractivity contribution is 6.32. The summed E-state index contributed by atoms with van der Waals surface area (Å²) in [6, 6.07) is 9.79. The average molecular weight is 593 g/mol. The summed E-state index contributed by atoms with van der Waals surface area (Å²) in [4.78, 5) is 42.3. The number of cyclic esters (lactones) is 1. The third-order valence-corrected chi connectivity index (χ3v) is 7.38. The van der Waals surface area contributed by atoms with E-state index >= 15 is 0 Å². The number of ether oxygens (including phenoxy) is 2. The predicted octanol–water partition coefficient (Wildman–Crippen LogP) is 7.22. The summed E-state index contributed by atoms with van der Waals surface area (Å²) in [6.45, 7) is 7.86. The quantitative estimate of drug-likeness (QED) is 0.341. The smallest absolute Gasteiger partial charge is 0.427 e. The van der Waals surface area contributed by atoms with Crippen molar-refractivity contribution in [3.63, 3.8) is 0 Å². The SMILES string of the molecule is CC(C)=C1OC(=O)N(c2cc(OC3CCCC3)c(Cl)cc2F)C1=O.CC1(C)CON(Cc2ccccc2Cl)C1=O. The normalized spacial score (nSPS) is 18.7. The molecule has 3 amide bonds. The minimum Gasteiger partial charge on any atom is -0.489 e. The highest BCUT2D eigenvalue weighted by Crippen LogP contribution is 2.37. The van der Waals surface area contributed by atoms with Gasteiger partial charge in [-0.25, -0.2) is 19.1 Å². The van der Waals surface area contributed by atoms with Gasteiger partial charge in [-0.1, -0.05) is 41.4 Å². The van der Waals surface area contributed by atoms with Crippen LogP contribution in [0.4, 0.5) is 14.9 Å². The molecule has 2 saturated heterocycles. The van der Waals surface area contributed by atoms with Crippen LogP contribution in [0.25, 0.3) is 0 Å². The number of hydrogen-bond acceptors (Lipinski definition) is 6. The van der Waals surface area contributed by atoms with E-state index in [1.165, 1.54) is 11.1 Å². The van der Waals surface area contributed by atoms with Crippen molar-refractivity contribution in [3.8, 4) is 5.75 Å². The molecule has 3 aliphatic rings. The van der Waals surface area contributed by atoms with Crippen molar-refractivity contribution in [3.05, 3.63) is 69.2 Å². The van der Waals surface area contributed by atoms with E-state index in [2.05, 4.69) is 0 Å². The van der Waals surface area contributed by atoms with Crippen LogP contribution in [0, 0.1) is 11.2 Å². The van der Waals surface area contributed by atoms with Gasteiger partial charge in [-0.15, -0.1) is 0 Å². The predicted molar refractivity (Wildman–Crippen MR) is 148 cm³/mol. The molecule has 214 valence electrons. The van der Waals surface area contributed by atoms with Crippen LogP contribution in [-0.4, -0.2) is 35.7 Å². The first-order chi connectivity index (χ1) is 18.9. The number of hydrogen-bond donors (Lipinski definition) is 0. The fourth-order valence-corrected chi connectivity index (χ4v) is 4.84. The molecule has 2 aliphatic heterocycles. The molecular formula is C29H31Cl2FN2O6. The number of carbonyl (C=O) groups excluding carboxylic acids is 3. The Kier molecular flexibility index (Phi) is 9.07. The number of imide groups is 1. The molecule has 0 bridgehead atoms. The molecule has 11 heteroatoms. The Bertz CT molecular complexity index is 1350. The van der Waals surface area contributed by atoms with Crippen molar-refractivity contribution < 1.29 is 33.1 Å². The van der Waals surface area contributed by atoms with Crippen LogP contribution in [0.2, 0.25) is 10.0 Å². The highest BCUT2D eigenvalue weighted by atomic mass is 35.5. The average Bonchev–Trinajstić information content (AvgIpc) is 3.58. The van der Waals surface area contributed by atoms with Crippen molar-refractivity contribution >= 4 is 46.8 Å². The van der Waals surface area contributed by atoms with Gasteiger partial charge < -0.3 is 9.47 Å². The third kappa shape index (κ3) is 6.43. The number of rotatable bonds is 5. The lowest BCUT2D eigenvalue weighted by molar-refractivity contribution is -0.165. The molecule has 1 saturated carbocycles. The molecule has 2 heterocycles. The van der Waals surface area contributed by atoms with Gasteiger partial charge in [0.05, 0.1) is 35.4 Å². The Morgan fingerprint density at radius 2 is 1.75 bits per heavy atom. The molecule has 0 N–H and O–H groups in total. The lowest BCUT2D eigenvalue weighted by atomic mass is 9.95. The standard InChI is InChI=1S/C17H17ClFNO4.C12H14ClNO2/c1-9(2)15-16(21)20(17(22)24-15)13-8-14(11(18)7-12(13)19)23-10-5-3-4-6-10;1-12(2)8-16-14(11(12)15)7-9-5-3-4-6-10(9)13/h7-8,10H,3-6H2,1-2H3;3-6H,7-8H2,1-2H3. The second-order valence-corrected chi connectivity index (χ2v) is 11.5. The van der Waals surface area contributed by atoms with Gasteiger partial charge in [0.2, 0.25) is 0 Å². The summed E-state index contributed by atoms with van der Waals surface area (Å²) in [5.74, 6) is -1.32. The molecule has 0 atom stereocenters. The maximum absolute atomic E-state index is 14.3. The fourth-order valence-electron chi connectivity index (χ4n) is 4.45. The van der Waals surface area contributed by atoms with Crippen molar-refractivity contribution in [1.29, 1.82) is 0 Å². The van der Waals surface area contributed by atoms with Crippen LogP contribution in [0.3, 0.4) is 0 Å². The Hall–Kier alpha value is -3.14. The van der Waals surface area contributed by atoms with Crippen LogP contribution in [0.5, 0.6) is 5.75 Å². The van der Waals surface area contributed by atoms with Crippen molar-refractivity contribution in [1.82, 2.24) is 5.06 Å². The topological polar surface area (TPSA) is 85.4 Å². The largest absolute Gasteiger partial charge is 0.489 e. The summed E-state index contributed by atoms with van der Waals surface area (Å²) >= 11 is 12.1. The zero-order valence-electron chi connectivity index (χ0n) is 22.8. The van der Waals surface area contributed by atoms with Gasteiger partial charge in [0, 0.05) is 11.1 Å². The van der Waals surface area contributed by atoms with Crippen LogP contribution >= 0.6 is 23.2 Å². The summed E-state index contributed by atoms with van der Waals surface area (Å²) in [5.41, 5.74) is 0.780. The first-order valence-electron chi connectivity index (χ1n) is 13.0. The van der Waals surface area contributed by atoms with Gasteiger partial charge in [-0.2, -0.15) is 0 Å². The molecule has 0 spiro atoms. The van der Waals surface area contributed by atoms with E-state index < -0.39 is 23.2 Å². The Morgan fingerprint density at radius 1 is 1.07 bits per heavy atom. The van der Waals surface area contributed by atoms with E-state index in [4.69, 9.17) is 37.5 Å². The number of carbonyl (C=O) groups is 3. The Morgan fingerprint density at radius 3 is 2.33 bits per heavy atom. The lowest BCUT2D eigenvalue weighted by Gasteiger charge is -2.18. The van der Waals surface area contributed by atoms with Crippen molar-refractivity contribution in [2.24, 2.45) is 5.41 Å². The highest BCUT2D eigenvalue weighted by Gasteiger charge is 2.41. The summed E-state index contributed by atoms with van der Waals surface area (Å²) < 4.78 is 25.1. The zero-order chi connectivity index (χ0) is 29.2. The molecule has 40 heavy (non-hydrogen) atoms. The molecule has 3 fully saturated rings. The van der Waals surface area contributed by atoms with Crippen LogP contribution in [-0.2, 0) is 25.7 Å². The van der Waals surface area contributed by atoms with Crippen LogP contribution < -0.4 is 9.64 Å². The summed E-state index contributed by atoms with van der Waals surface area (Å²) in [6.07, 6.45) is 3.00. The third-order valence-electron chi connectivity index (χ3n) is 6.72. The number of allylic oxidation sites excluding steroid dienone is 1. The van der Waals surface area contributed by atoms with E-state index in [-0.39, 0.29) is 34.2 Å². The molecule has 1 aliphatic carbocycles. The molecule has 0 unspecified atom stereocenters. The van der Waals surface area contributed by atoms with E-state index in [0.29, 0.717) is 28.6 Å². The van der Waals surface area contributed by atoms with Gasteiger partial charge in [0.1, 0.15) is 11.6 Å². The van der Waals surface area contributed by atoms with Crippen LogP contribution in [0.15, 0.2) is 47.7 Å². The van der Waals surface area contributed by atoms with Gasteiger partial charge in [-0.05, 0) is 76.6 Å². The maximum Gasteiger partial charge on any atom is 0.427 e. The minimum absolute atomic E-state index is 0.00687. The number of halogens is 3. The number of nitrogens with zero attached hydrogens (tertiary/aromatic N) is 2. The first kappa shape index (κ1) is 29.8. The van der Waals surface area contributed by atoms with E-state index in [1.807, 2.05) is 38.1 Å². The summed E-state index contributed by atoms with van der Waals surface area (Å²) in [7, 11) is 0. The second-order valence-electron chi connectivity index (χ2n) is 10.7. The number of hydroxylamine groups is 2. The number of benzene rings is 2. The molecule has 0 aromatic heterocycles. The molecule has 8 nitrogen and oxygen atoms in total. The lowest BCUT2D eigenvalue weighted by Crippen LogP contribution is -2.30. The van der Waals surface area contributed by atoms with Gasteiger partial charge in [0.15, 0.2) is 5.76 Å². The molecule has 2 aromatic rings. The number of amides is 3. The van der Waals surface area contributed by atoms with Crippen molar-refractivity contribution in [2.75, 3.05) is 11.5 Å². The van der Waals surface area contributed by atoms with Gasteiger partial charge in [-0.3, -0.25) is 14.4 Å². The van der Waals surface area contributed by atoms with Crippen LogP contribution in [0.1, 0.15) is 58.9 Å². The number of anilines is 1. The summed E-state index contributed by atoms with van der Waals surface area (Å²) in [5, 5.41) is 2.15. The van der Waals surface area contributed by atoms with E-state index in [1.54, 1.807) is 13.8 Å². The van der Waals surface area contributed by atoms with E-state index in [9.17, 15) is 18.8 Å². The Labute approximate surface area is 242 Å². The molecular weight excluding hydrogens is 562 g/mol.